The second kappa shape index (κ2) is 5.67. The Hall–Kier alpha value is -1.46. The quantitative estimate of drug-likeness (QED) is 0.844. The third-order valence-electron chi connectivity index (χ3n) is 2.37. The second-order valence-corrected chi connectivity index (χ2v) is 4.88. The van der Waals surface area contributed by atoms with Gasteiger partial charge >= 0.3 is 0 Å². The van der Waals surface area contributed by atoms with E-state index in [1.54, 1.807) is 0 Å². The average Bonchev–Trinajstić information content (AvgIpc) is 2.37. The molecule has 1 N–H and O–H groups in total. The van der Waals surface area contributed by atoms with E-state index in [9.17, 15) is 13.6 Å². The number of rotatable bonds is 2. The Morgan fingerprint density at radius 2 is 1.89 bits per heavy atom. The molecule has 0 saturated carbocycles. The van der Waals surface area contributed by atoms with Crippen LogP contribution in [0.5, 0.6) is 0 Å². The average molecular weight is 347 g/mol. The van der Waals surface area contributed by atoms with E-state index in [1.807, 2.05) is 0 Å². The van der Waals surface area contributed by atoms with Crippen LogP contribution in [0.1, 0.15) is 10.4 Å². The van der Waals surface area contributed by atoms with Gasteiger partial charge in [0, 0.05) is 5.69 Å². The van der Waals surface area contributed by atoms with E-state index in [-0.39, 0.29) is 15.1 Å². The van der Waals surface area contributed by atoms with E-state index in [2.05, 4.69) is 21.2 Å². The van der Waals surface area contributed by atoms with Crippen molar-refractivity contribution >= 4 is 39.1 Å². The van der Waals surface area contributed by atoms with E-state index in [1.165, 1.54) is 30.3 Å². The highest BCUT2D eigenvalue weighted by Crippen LogP contribution is 2.23. The molecule has 6 heteroatoms. The highest BCUT2D eigenvalue weighted by atomic mass is 79.9. The fraction of sp³-hybridized carbons (Fsp3) is 0. The van der Waals surface area contributed by atoms with Crippen molar-refractivity contribution in [3.8, 4) is 0 Å². The number of amides is 1. The molecular weight excluding hydrogens is 340 g/mol. The monoisotopic (exact) mass is 345 g/mol. The van der Waals surface area contributed by atoms with Gasteiger partial charge in [-0.05, 0) is 46.3 Å². The van der Waals surface area contributed by atoms with Gasteiger partial charge in [0.1, 0.15) is 11.6 Å². The molecule has 1 amide bonds. The van der Waals surface area contributed by atoms with Gasteiger partial charge in [-0.1, -0.05) is 17.7 Å². The number of benzene rings is 2. The van der Waals surface area contributed by atoms with E-state index in [0.717, 1.165) is 6.07 Å². The summed E-state index contributed by atoms with van der Waals surface area (Å²) in [7, 11) is 0. The van der Waals surface area contributed by atoms with Gasteiger partial charge in [0.25, 0.3) is 5.91 Å². The minimum atomic E-state index is -0.577. The summed E-state index contributed by atoms with van der Waals surface area (Å²) in [5.74, 6) is -1.63. The smallest absolute Gasteiger partial charge is 0.256 e. The molecule has 0 aliphatic carbocycles. The van der Waals surface area contributed by atoms with Crippen LogP contribution in [-0.4, -0.2) is 5.91 Å². The molecule has 0 aliphatic rings. The number of hydrogen-bond acceptors (Lipinski definition) is 1. The lowest BCUT2D eigenvalue weighted by Gasteiger charge is -2.08. The van der Waals surface area contributed by atoms with Gasteiger partial charge in [0.2, 0.25) is 0 Å². The second-order valence-electron chi connectivity index (χ2n) is 3.68. The molecule has 2 rings (SSSR count). The van der Waals surface area contributed by atoms with Gasteiger partial charge in [-0.15, -0.1) is 0 Å². The maximum Gasteiger partial charge on any atom is 0.256 e. The van der Waals surface area contributed by atoms with Crippen LogP contribution < -0.4 is 5.32 Å². The zero-order chi connectivity index (χ0) is 14.0. The summed E-state index contributed by atoms with van der Waals surface area (Å²) in [5.41, 5.74) is 0.466. The van der Waals surface area contributed by atoms with Gasteiger partial charge in [0.15, 0.2) is 0 Å². The highest BCUT2D eigenvalue weighted by Gasteiger charge is 2.13. The Morgan fingerprint density at radius 1 is 1.16 bits per heavy atom. The molecule has 0 bridgehead atoms. The first-order chi connectivity index (χ1) is 8.99. The number of carbonyl (C=O) groups is 1. The summed E-state index contributed by atoms with van der Waals surface area (Å²) in [6.45, 7) is 0. The van der Waals surface area contributed by atoms with Crippen molar-refractivity contribution in [1.29, 1.82) is 0 Å². The maximum absolute atomic E-state index is 13.3. The Labute approximate surface area is 121 Å². The number of anilines is 1. The predicted molar refractivity (Wildman–Crippen MR) is 73.5 cm³/mol. The minimum Gasteiger partial charge on any atom is -0.322 e. The third kappa shape index (κ3) is 3.11. The molecule has 0 unspecified atom stereocenters. The molecule has 2 aromatic rings. The van der Waals surface area contributed by atoms with Crippen LogP contribution >= 0.6 is 27.5 Å². The van der Waals surface area contributed by atoms with E-state index in [0.29, 0.717) is 5.69 Å². The number of carbonyl (C=O) groups excluding carboxylic acids is 1. The molecule has 0 aliphatic heterocycles. The molecule has 98 valence electrons. The summed E-state index contributed by atoms with van der Waals surface area (Å²) in [5, 5.41) is 2.41. The van der Waals surface area contributed by atoms with Crippen molar-refractivity contribution < 1.29 is 13.6 Å². The lowest BCUT2D eigenvalue weighted by molar-refractivity contribution is 0.102. The van der Waals surface area contributed by atoms with Crippen molar-refractivity contribution in [2.24, 2.45) is 0 Å². The highest BCUT2D eigenvalue weighted by molar-refractivity contribution is 9.10. The fourth-order valence-electron chi connectivity index (χ4n) is 1.45. The van der Waals surface area contributed by atoms with Crippen LogP contribution in [0.3, 0.4) is 0 Å². The van der Waals surface area contributed by atoms with Crippen molar-refractivity contribution in [1.82, 2.24) is 0 Å². The van der Waals surface area contributed by atoms with Crippen LogP contribution in [-0.2, 0) is 0 Å². The number of halogens is 4. The molecule has 0 saturated heterocycles. The Balaban J connectivity index is 2.26. The molecule has 0 radical (unpaired) electrons. The van der Waals surface area contributed by atoms with Crippen LogP contribution in [0.4, 0.5) is 14.5 Å². The predicted octanol–water partition coefficient (Wildman–Crippen LogP) is 4.63. The topological polar surface area (TPSA) is 29.1 Å². The van der Waals surface area contributed by atoms with Gasteiger partial charge in [-0.3, -0.25) is 4.79 Å². The molecule has 0 heterocycles. The number of hydrogen-bond donors (Lipinski definition) is 1. The molecule has 0 aromatic heterocycles. The fourth-order valence-corrected chi connectivity index (χ4v) is 2.08. The zero-order valence-corrected chi connectivity index (χ0v) is 11.7. The first-order valence-corrected chi connectivity index (χ1v) is 6.36. The lowest BCUT2D eigenvalue weighted by Crippen LogP contribution is -2.13. The first kappa shape index (κ1) is 14.0. The van der Waals surface area contributed by atoms with E-state index >= 15 is 0 Å². The summed E-state index contributed by atoms with van der Waals surface area (Å²) < 4.78 is 26.3. The molecule has 0 atom stereocenters. The van der Waals surface area contributed by atoms with Gasteiger partial charge < -0.3 is 5.32 Å². The van der Waals surface area contributed by atoms with Crippen LogP contribution in [0.2, 0.25) is 5.02 Å². The van der Waals surface area contributed by atoms with Gasteiger partial charge in [0.05, 0.1) is 15.1 Å². The van der Waals surface area contributed by atoms with Crippen LogP contribution in [0.15, 0.2) is 40.9 Å². The third-order valence-corrected chi connectivity index (χ3v) is 3.47. The van der Waals surface area contributed by atoms with E-state index < -0.39 is 17.5 Å². The molecule has 2 aromatic carbocycles. The van der Waals surface area contributed by atoms with E-state index in [4.69, 9.17) is 11.6 Å². The molecule has 2 nitrogen and oxygen atoms in total. The van der Waals surface area contributed by atoms with Crippen molar-refractivity contribution in [2.75, 3.05) is 5.32 Å². The Morgan fingerprint density at radius 3 is 2.58 bits per heavy atom. The molecule has 19 heavy (non-hydrogen) atoms. The SMILES string of the molecule is O=C(Nc1ccc(F)c(Cl)c1)c1cccc(F)c1Br. The summed E-state index contributed by atoms with van der Waals surface area (Å²) >= 11 is 8.60. The standard InChI is InChI=1S/C13H7BrClF2NO/c14-12-8(2-1-3-11(12)17)13(19)18-7-4-5-10(16)9(15)6-7/h1-6H,(H,18,19). The summed E-state index contributed by atoms with van der Waals surface area (Å²) in [4.78, 5) is 11.9. The van der Waals surface area contributed by atoms with Gasteiger partial charge in [-0.25, -0.2) is 8.78 Å². The summed E-state index contributed by atoms with van der Waals surface area (Å²) in [6.07, 6.45) is 0. The number of nitrogens with one attached hydrogen (secondary N) is 1. The first-order valence-electron chi connectivity index (χ1n) is 5.19. The minimum absolute atomic E-state index is 0.0701. The largest absolute Gasteiger partial charge is 0.322 e. The normalized spacial score (nSPS) is 10.3. The lowest BCUT2D eigenvalue weighted by atomic mass is 10.2. The Bertz CT molecular complexity index is 649. The Kier molecular flexibility index (Phi) is 4.17. The van der Waals surface area contributed by atoms with Crippen LogP contribution in [0, 0.1) is 11.6 Å². The maximum atomic E-state index is 13.3. The zero-order valence-electron chi connectivity index (χ0n) is 9.38. The van der Waals surface area contributed by atoms with Crippen LogP contribution in [0.25, 0.3) is 0 Å². The van der Waals surface area contributed by atoms with Crippen molar-refractivity contribution in [2.45, 2.75) is 0 Å². The molecular formula is C13H7BrClF2NO. The summed E-state index contributed by atoms with van der Waals surface area (Å²) in [6, 6.07) is 7.91. The van der Waals surface area contributed by atoms with Crippen molar-refractivity contribution in [3.63, 3.8) is 0 Å². The molecule has 0 fully saturated rings. The van der Waals surface area contributed by atoms with Gasteiger partial charge in [-0.2, -0.15) is 0 Å². The molecule has 0 spiro atoms. The van der Waals surface area contributed by atoms with Crippen molar-refractivity contribution in [3.05, 3.63) is 63.1 Å².